The van der Waals surface area contributed by atoms with Crippen LogP contribution in [-0.4, -0.2) is 0 Å². The van der Waals surface area contributed by atoms with Crippen LogP contribution < -0.4 is 0 Å². The normalized spacial score (nSPS) is 17.6. The van der Waals surface area contributed by atoms with E-state index in [4.69, 9.17) is 0 Å². The van der Waals surface area contributed by atoms with E-state index >= 15 is 0 Å². The number of rotatable bonds is 1. The van der Waals surface area contributed by atoms with Crippen LogP contribution in [0.15, 0.2) is 34.3 Å². The van der Waals surface area contributed by atoms with Gasteiger partial charge in [0.25, 0.3) is 0 Å². The van der Waals surface area contributed by atoms with E-state index in [0.717, 1.165) is 12.8 Å². The summed E-state index contributed by atoms with van der Waals surface area (Å²) in [5.74, 6) is 0. The Morgan fingerprint density at radius 3 is 3.00 bits per heavy atom. The molecule has 0 fully saturated rings. The molecule has 0 saturated carbocycles. The average Bonchev–Trinajstić information content (AvgIpc) is 2.68. The summed E-state index contributed by atoms with van der Waals surface area (Å²) >= 11 is 3.72. The molecule has 82 valence electrons. The Morgan fingerprint density at radius 1 is 1.31 bits per heavy atom. The molecular weight excluding hydrogens is 260 g/mol. The zero-order valence-corrected chi connectivity index (χ0v) is 11.1. The fraction of sp³-hybridized carbons (Fsp3) is 0.333. The molecule has 1 aromatic rings. The molecule has 3 rings (SSSR count). The molecule has 1 aromatic carbocycles. The summed E-state index contributed by atoms with van der Waals surface area (Å²) in [6, 6.07) is 4.65. The molecule has 0 radical (unpaired) electrons. The summed E-state index contributed by atoms with van der Waals surface area (Å²) in [7, 11) is 0. The highest BCUT2D eigenvalue weighted by atomic mass is 79.9. The minimum atomic E-state index is 1.11. The smallest absolute Gasteiger partial charge is 0.0219 e. The molecule has 0 spiro atoms. The molecule has 0 N–H and O–H groups in total. The van der Waals surface area contributed by atoms with Crippen molar-refractivity contribution in [2.45, 2.75) is 32.6 Å². The van der Waals surface area contributed by atoms with Gasteiger partial charge in [0, 0.05) is 4.47 Å². The first kappa shape index (κ1) is 10.3. The second-order valence-electron chi connectivity index (χ2n) is 4.59. The van der Waals surface area contributed by atoms with Gasteiger partial charge in [-0.05, 0) is 54.0 Å². The Bertz CT molecular complexity index is 506. The summed E-state index contributed by atoms with van der Waals surface area (Å²) in [4.78, 5) is 0. The number of fused-ring (bicyclic) bond motifs is 2. The van der Waals surface area contributed by atoms with Gasteiger partial charge in [-0.2, -0.15) is 0 Å². The van der Waals surface area contributed by atoms with Crippen molar-refractivity contribution in [2.24, 2.45) is 0 Å². The summed E-state index contributed by atoms with van der Waals surface area (Å²) in [5, 5.41) is 0. The van der Waals surface area contributed by atoms with Crippen molar-refractivity contribution in [1.82, 2.24) is 0 Å². The number of aryl methyl sites for hydroxylation is 1. The number of halogens is 1. The maximum atomic E-state index is 3.72. The number of benzene rings is 1. The molecule has 0 unspecified atom stereocenters. The van der Waals surface area contributed by atoms with Crippen molar-refractivity contribution >= 4 is 21.5 Å². The Morgan fingerprint density at radius 2 is 2.19 bits per heavy atom. The fourth-order valence-electron chi connectivity index (χ4n) is 2.71. The van der Waals surface area contributed by atoms with E-state index in [0.29, 0.717) is 0 Å². The lowest BCUT2D eigenvalue weighted by Crippen LogP contribution is -1.90. The van der Waals surface area contributed by atoms with Crippen LogP contribution in [-0.2, 0) is 12.8 Å². The molecule has 0 aromatic heterocycles. The van der Waals surface area contributed by atoms with Gasteiger partial charge < -0.3 is 0 Å². The van der Waals surface area contributed by atoms with Crippen LogP contribution in [0.5, 0.6) is 0 Å². The first-order valence-corrected chi connectivity index (χ1v) is 6.79. The highest BCUT2D eigenvalue weighted by Crippen LogP contribution is 2.41. The van der Waals surface area contributed by atoms with Crippen molar-refractivity contribution in [3.8, 4) is 0 Å². The topological polar surface area (TPSA) is 0 Å². The second kappa shape index (κ2) is 3.89. The maximum Gasteiger partial charge on any atom is 0.0219 e. The van der Waals surface area contributed by atoms with Gasteiger partial charge in [-0.15, -0.1) is 0 Å². The molecular formula is C15H15Br. The van der Waals surface area contributed by atoms with Gasteiger partial charge in [-0.1, -0.05) is 46.6 Å². The second-order valence-corrected chi connectivity index (χ2v) is 5.45. The third-order valence-electron chi connectivity index (χ3n) is 3.62. The molecule has 0 aliphatic heterocycles. The molecule has 2 aliphatic rings. The summed E-state index contributed by atoms with van der Waals surface area (Å²) in [6.07, 6.45) is 9.34. The number of allylic oxidation sites excluding steroid dienone is 4. The van der Waals surface area contributed by atoms with Crippen LogP contribution in [0.25, 0.3) is 5.57 Å². The Hall–Kier alpha value is -0.820. The summed E-state index contributed by atoms with van der Waals surface area (Å²) in [5.41, 5.74) is 7.52. The van der Waals surface area contributed by atoms with Gasteiger partial charge in [-0.25, -0.2) is 0 Å². The minimum Gasteiger partial charge on any atom is -0.0836 e. The van der Waals surface area contributed by atoms with Gasteiger partial charge in [0.1, 0.15) is 0 Å². The van der Waals surface area contributed by atoms with Crippen molar-refractivity contribution < 1.29 is 0 Å². The van der Waals surface area contributed by atoms with E-state index in [-0.39, 0.29) is 0 Å². The average molecular weight is 275 g/mol. The van der Waals surface area contributed by atoms with Gasteiger partial charge in [0.05, 0.1) is 0 Å². The molecule has 0 saturated heterocycles. The van der Waals surface area contributed by atoms with E-state index < -0.39 is 0 Å². The van der Waals surface area contributed by atoms with Crippen LogP contribution in [0.2, 0.25) is 0 Å². The third-order valence-corrected chi connectivity index (χ3v) is 4.33. The van der Waals surface area contributed by atoms with E-state index in [1.54, 1.807) is 5.57 Å². The van der Waals surface area contributed by atoms with Crippen LogP contribution in [0.1, 0.15) is 36.5 Å². The Kier molecular flexibility index (Phi) is 2.51. The lowest BCUT2D eigenvalue weighted by molar-refractivity contribution is 0.933. The van der Waals surface area contributed by atoms with Gasteiger partial charge >= 0.3 is 0 Å². The SMILES string of the molecule is CCc1cc(Br)c2c(c1)C1=C(CCC=C1)C2. The predicted molar refractivity (Wildman–Crippen MR) is 72.5 cm³/mol. The number of hydrogen-bond donors (Lipinski definition) is 0. The molecule has 0 bridgehead atoms. The van der Waals surface area contributed by atoms with E-state index in [2.05, 4.69) is 47.1 Å². The predicted octanol–water partition coefficient (Wildman–Crippen LogP) is 4.67. The van der Waals surface area contributed by atoms with Crippen molar-refractivity contribution in [3.05, 3.63) is 51.0 Å². The van der Waals surface area contributed by atoms with Crippen molar-refractivity contribution in [3.63, 3.8) is 0 Å². The molecule has 0 amide bonds. The largest absolute Gasteiger partial charge is 0.0836 e. The van der Waals surface area contributed by atoms with E-state index in [1.807, 2.05) is 0 Å². The number of hydrogen-bond acceptors (Lipinski definition) is 0. The third kappa shape index (κ3) is 1.49. The lowest BCUT2D eigenvalue weighted by Gasteiger charge is -2.09. The first-order valence-electron chi connectivity index (χ1n) is 6.00. The maximum absolute atomic E-state index is 3.72. The lowest BCUT2D eigenvalue weighted by atomic mass is 9.97. The quantitative estimate of drug-likeness (QED) is 0.698. The summed E-state index contributed by atoms with van der Waals surface area (Å²) in [6.45, 7) is 2.22. The highest BCUT2D eigenvalue weighted by molar-refractivity contribution is 9.10. The molecule has 0 atom stereocenters. The van der Waals surface area contributed by atoms with Crippen molar-refractivity contribution in [2.75, 3.05) is 0 Å². The zero-order chi connectivity index (χ0) is 11.1. The molecule has 2 aliphatic carbocycles. The van der Waals surface area contributed by atoms with Crippen LogP contribution in [0, 0.1) is 0 Å². The highest BCUT2D eigenvalue weighted by Gasteiger charge is 2.23. The minimum absolute atomic E-state index is 1.11. The van der Waals surface area contributed by atoms with Crippen LogP contribution >= 0.6 is 15.9 Å². The van der Waals surface area contributed by atoms with Gasteiger partial charge in [0.15, 0.2) is 0 Å². The molecule has 16 heavy (non-hydrogen) atoms. The van der Waals surface area contributed by atoms with Gasteiger partial charge in [0.2, 0.25) is 0 Å². The first-order chi connectivity index (χ1) is 7.79. The van der Waals surface area contributed by atoms with Crippen LogP contribution in [0.4, 0.5) is 0 Å². The van der Waals surface area contributed by atoms with Gasteiger partial charge in [-0.3, -0.25) is 0 Å². The fourth-order valence-corrected chi connectivity index (χ4v) is 3.35. The van der Waals surface area contributed by atoms with E-state index in [1.165, 1.54) is 39.6 Å². The van der Waals surface area contributed by atoms with E-state index in [9.17, 15) is 0 Å². The Labute approximate surface area is 105 Å². The monoisotopic (exact) mass is 274 g/mol. The van der Waals surface area contributed by atoms with Crippen LogP contribution in [0.3, 0.4) is 0 Å². The zero-order valence-electron chi connectivity index (χ0n) is 9.52. The van der Waals surface area contributed by atoms with Crippen molar-refractivity contribution in [1.29, 1.82) is 0 Å². The molecule has 0 heterocycles. The Balaban J connectivity index is 2.17. The molecule has 1 heteroatoms. The standard InChI is InChI=1S/C15H15Br/c1-2-10-7-13-12-6-4-3-5-11(12)9-14(13)15(16)8-10/h4,6-8H,2-3,5,9H2,1H3. The summed E-state index contributed by atoms with van der Waals surface area (Å²) < 4.78 is 1.30. The molecule has 0 nitrogen and oxygen atoms in total.